The number of carbonyl (C=O) groups excluding carboxylic acids is 1. The first kappa shape index (κ1) is 14.0. The number of nitrogens with one attached hydrogen (secondary N) is 2. The summed E-state index contributed by atoms with van der Waals surface area (Å²) >= 11 is 0. The van der Waals surface area contributed by atoms with Crippen molar-refractivity contribution in [2.75, 3.05) is 5.32 Å². The van der Waals surface area contributed by atoms with Crippen molar-refractivity contribution in [3.05, 3.63) is 54.1 Å². The lowest BCUT2D eigenvalue weighted by Crippen LogP contribution is -2.30. The molecule has 0 radical (unpaired) electrons. The predicted molar refractivity (Wildman–Crippen MR) is 78.4 cm³/mol. The summed E-state index contributed by atoms with van der Waals surface area (Å²) in [6, 6.07) is 5.78. The zero-order valence-corrected chi connectivity index (χ0v) is 11.6. The van der Waals surface area contributed by atoms with Gasteiger partial charge in [0.05, 0.1) is 11.3 Å². The quantitative estimate of drug-likeness (QED) is 0.874. The van der Waals surface area contributed by atoms with E-state index in [4.69, 9.17) is 0 Å². The van der Waals surface area contributed by atoms with Gasteiger partial charge < -0.3 is 10.6 Å². The third-order valence-corrected chi connectivity index (χ3v) is 2.64. The number of rotatable bonds is 5. The summed E-state index contributed by atoms with van der Waals surface area (Å²) in [5.41, 5.74) is 2.43. The first-order valence-electron chi connectivity index (χ1n) is 6.54. The van der Waals surface area contributed by atoms with Gasteiger partial charge in [-0.1, -0.05) is 6.07 Å². The summed E-state index contributed by atoms with van der Waals surface area (Å²) in [6.45, 7) is 4.50. The zero-order valence-electron chi connectivity index (χ0n) is 11.6. The normalized spacial score (nSPS) is 10.3. The SMILES string of the molecule is CC(C)NC(=O)c1cncc(NCc2cccnc2)c1. The van der Waals surface area contributed by atoms with Gasteiger partial charge in [-0.2, -0.15) is 0 Å². The molecule has 0 atom stereocenters. The third kappa shape index (κ3) is 4.05. The number of hydrogen-bond donors (Lipinski definition) is 2. The van der Waals surface area contributed by atoms with Crippen LogP contribution >= 0.6 is 0 Å². The molecule has 2 aromatic rings. The number of pyridine rings is 2. The first-order valence-corrected chi connectivity index (χ1v) is 6.54. The molecule has 2 rings (SSSR count). The molecule has 0 saturated heterocycles. The minimum atomic E-state index is -0.113. The van der Waals surface area contributed by atoms with E-state index in [2.05, 4.69) is 20.6 Å². The summed E-state index contributed by atoms with van der Waals surface area (Å²) < 4.78 is 0. The van der Waals surface area contributed by atoms with Gasteiger partial charge in [-0.15, -0.1) is 0 Å². The predicted octanol–water partition coefficient (Wildman–Crippen LogP) is 2.23. The third-order valence-electron chi connectivity index (χ3n) is 2.64. The molecule has 2 heterocycles. The van der Waals surface area contributed by atoms with E-state index in [0.29, 0.717) is 12.1 Å². The van der Waals surface area contributed by atoms with Crippen molar-refractivity contribution in [2.45, 2.75) is 26.4 Å². The van der Waals surface area contributed by atoms with E-state index in [0.717, 1.165) is 11.3 Å². The molecule has 0 aromatic carbocycles. The maximum Gasteiger partial charge on any atom is 0.253 e. The highest BCUT2D eigenvalue weighted by atomic mass is 16.1. The fraction of sp³-hybridized carbons (Fsp3) is 0.267. The molecule has 0 spiro atoms. The van der Waals surface area contributed by atoms with Crippen LogP contribution in [0.2, 0.25) is 0 Å². The number of carbonyl (C=O) groups is 1. The molecular formula is C15H18N4O. The van der Waals surface area contributed by atoms with Crippen LogP contribution in [0.1, 0.15) is 29.8 Å². The van der Waals surface area contributed by atoms with Crippen molar-refractivity contribution in [1.82, 2.24) is 15.3 Å². The molecule has 5 nitrogen and oxygen atoms in total. The Hall–Kier alpha value is -2.43. The summed E-state index contributed by atoms with van der Waals surface area (Å²) in [4.78, 5) is 20.0. The van der Waals surface area contributed by atoms with Crippen molar-refractivity contribution >= 4 is 11.6 Å². The topological polar surface area (TPSA) is 66.9 Å². The van der Waals surface area contributed by atoms with E-state index < -0.39 is 0 Å². The molecular weight excluding hydrogens is 252 g/mol. The average Bonchev–Trinajstić information content (AvgIpc) is 2.46. The minimum Gasteiger partial charge on any atom is -0.380 e. The van der Waals surface area contributed by atoms with E-state index in [-0.39, 0.29) is 11.9 Å². The first-order chi connectivity index (χ1) is 9.65. The van der Waals surface area contributed by atoms with Crippen molar-refractivity contribution < 1.29 is 4.79 Å². The molecule has 1 amide bonds. The van der Waals surface area contributed by atoms with Gasteiger partial charge in [-0.05, 0) is 31.5 Å². The van der Waals surface area contributed by atoms with Gasteiger partial charge in [0.1, 0.15) is 0 Å². The van der Waals surface area contributed by atoms with Crippen LogP contribution in [-0.2, 0) is 6.54 Å². The standard InChI is InChI=1S/C15H18N4O/c1-11(2)19-15(20)13-6-14(10-17-9-13)18-8-12-4-3-5-16-7-12/h3-7,9-11,18H,8H2,1-2H3,(H,19,20). The second-order valence-corrected chi connectivity index (χ2v) is 4.81. The molecule has 0 fully saturated rings. The number of amides is 1. The number of nitrogens with zero attached hydrogens (tertiary/aromatic N) is 2. The number of aromatic nitrogens is 2. The lowest BCUT2D eigenvalue weighted by Gasteiger charge is -2.10. The second-order valence-electron chi connectivity index (χ2n) is 4.81. The van der Waals surface area contributed by atoms with Gasteiger partial charge in [-0.3, -0.25) is 14.8 Å². The Morgan fingerprint density at radius 3 is 2.80 bits per heavy atom. The Kier molecular flexibility index (Phi) is 4.65. The van der Waals surface area contributed by atoms with E-state index in [9.17, 15) is 4.79 Å². The largest absolute Gasteiger partial charge is 0.380 e. The van der Waals surface area contributed by atoms with Gasteiger partial charge in [-0.25, -0.2) is 0 Å². The molecule has 0 bridgehead atoms. The summed E-state index contributed by atoms with van der Waals surface area (Å²) in [6.07, 6.45) is 6.80. The van der Waals surface area contributed by atoms with Crippen molar-refractivity contribution in [3.8, 4) is 0 Å². The van der Waals surface area contributed by atoms with Gasteiger partial charge in [0.2, 0.25) is 0 Å². The highest BCUT2D eigenvalue weighted by Crippen LogP contribution is 2.10. The van der Waals surface area contributed by atoms with Crippen molar-refractivity contribution in [3.63, 3.8) is 0 Å². The molecule has 2 N–H and O–H groups in total. The summed E-state index contributed by atoms with van der Waals surface area (Å²) in [5.74, 6) is -0.113. The van der Waals surface area contributed by atoms with Crippen LogP contribution in [0.5, 0.6) is 0 Å². The van der Waals surface area contributed by atoms with Gasteiger partial charge in [0.15, 0.2) is 0 Å². The molecule has 0 aliphatic rings. The van der Waals surface area contributed by atoms with Crippen LogP contribution in [0.3, 0.4) is 0 Å². The summed E-state index contributed by atoms with van der Waals surface area (Å²) in [7, 11) is 0. The monoisotopic (exact) mass is 270 g/mol. The maximum absolute atomic E-state index is 11.9. The Labute approximate surface area is 118 Å². The lowest BCUT2D eigenvalue weighted by molar-refractivity contribution is 0.0943. The molecule has 104 valence electrons. The Morgan fingerprint density at radius 2 is 2.10 bits per heavy atom. The average molecular weight is 270 g/mol. The van der Waals surface area contributed by atoms with Gasteiger partial charge >= 0.3 is 0 Å². The smallest absolute Gasteiger partial charge is 0.253 e. The zero-order chi connectivity index (χ0) is 14.4. The molecule has 0 unspecified atom stereocenters. The van der Waals surface area contributed by atoms with Crippen LogP contribution in [0, 0.1) is 0 Å². The van der Waals surface area contributed by atoms with E-state index in [1.165, 1.54) is 0 Å². The van der Waals surface area contributed by atoms with E-state index in [1.807, 2.05) is 26.0 Å². The highest BCUT2D eigenvalue weighted by Gasteiger charge is 2.07. The van der Waals surface area contributed by atoms with Crippen LogP contribution in [0.15, 0.2) is 43.0 Å². The number of hydrogen-bond acceptors (Lipinski definition) is 4. The van der Waals surface area contributed by atoms with Crippen LogP contribution in [-0.4, -0.2) is 21.9 Å². The summed E-state index contributed by atoms with van der Waals surface area (Å²) in [5, 5.41) is 6.07. The fourth-order valence-corrected chi connectivity index (χ4v) is 1.71. The fourth-order valence-electron chi connectivity index (χ4n) is 1.71. The van der Waals surface area contributed by atoms with Crippen LogP contribution in [0.25, 0.3) is 0 Å². The Morgan fingerprint density at radius 1 is 1.25 bits per heavy atom. The lowest BCUT2D eigenvalue weighted by atomic mass is 10.2. The molecule has 0 aliphatic heterocycles. The van der Waals surface area contributed by atoms with Crippen molar-refractivity contribution in [2.24, 2.45) is 0 Å². The minimum absolute atomic E-state index is 0.106. The van der Waals surface area contributed by atoms with E-state index in [1.54, 1.807) is 30.9 Å². The maximum atomic E-state index is 11.9. The molecule has 5 heteroatoms. The Balaban J connectivity index is 2.01. The highest BCUT2D eigenvalue weighted by molar-refractivity contribution is 5.94. The Bertz CT molecular complexity index is 569. The van der Waals surface area contributed by atoms with Gasteiger partial charge in [0, 0.05) is 37.4 Å². The van der Waals surface area contributed by atoms with Crippen LogP contribution in [0.4, 0.5) is 5.69 Å². The molecule has 0 aliphatic carbocycles. The molecule has 0 saturated carbocycles. The van der Waals surface area contributed by atoms with Gasteiger partial charge in [0.25, 0.3) is 5.91 Å². The molecule has 2 aromatic heterocycles. The second kappa shape index (κ2) is 6.65. The number of anilines is 1. The van der Waals surface area contributed by atoms with Crippen LogP contribution < -0.4 is 10.6 Å². The van der Waals surface area contributed by atoms with Crippen molar-refractivity contribution in [1.29, 1.82) is 0 Å². The van der Waals surface area contributed by atoms with E-state index >= 15 is 0 Å². The molecule has 20 heavy (non-hydrogen) atoms.